The second-order valence-corrected chi connectivity index (χ2v) is 9.66. The van der Waals surface area contributed by atoms with Crippen molar-refractivity contribution in [3.8, 4) is 16.9 Å². The number of halogens is 3. The second kappa shape index (κ2) is 11.1. The molecule has 1 atom stereocenters. The number of hydrogen-bond donors (Lipinski definition) is 1. The number of nitrogens with one attached hydrogen (secondary N) is 1. The fraction of sp³-hybridized carbons (Fsp3) is 0.300. The molecule has 0 saturated carbocycles. The fourth-order valence-electron chi connectivity index (χ4n) is 4.79. The lowest BCUT2D eigenvalue weighted by Gasteiger charge is -2.26. The molecule has 208 valence electrons. The van der Waals surface area contributed by atoms with Gasteiger partial charge in [0.25, 0.3) is 5.91 Å². The summed E-state index contributed by atoms with van der Waals surface area (Å²) < 4.78 is 50.9. The quantitative estimate of drug-likeness (QED) is 0.305. The predicted molar refractivity (Wildman–Crippen MR) is 146 cm³/mol. The van der Waals surface area contributed by atoms with Crippen LogP contribution in [0.3, 0.4) is 0 Å². The second-order valence-electron chi connectivity index (χ2n) is 9.66. The standard InChI is InChI=1S/C30H29F3N4O3/c1-18(22-5-4-6-23(15-22)30(31,32)33)34-28-25-16-24(27(39-3)17-26(25)35-19(2)36-28)20-7-9-21(10-8-20)29(38)37-11-13-40-14-12-37/h4-10,15-18H,11-14H2,1-3H3,(H,34,35,36)/t18-/m1/s1. The number of methoxy groups -OCH3 is 1. The van der Waals surface area contributed by atoms with E-state index in [0.717, 1.165) is 23.3 Å². The monoisotopic (exact) mass is 550 g/mol. The number of aryl methyl sites for hydroxylation is 1. The van der Waals surface area contributed by atoms with Crippen LogP contribution < -0.4 is 10.1 Å². The van der Waals surface area contributed by atoms with Gasteiger partial charge >= 0.3 is 6.18 Å². The highest BCUT2D eigenvalue weighted by Gasteiger charge is 2.30. The fourth-order valence-corrected chi connectivity index (χ4v) is 4.79. The Morgan fingerprint density at radius 1 is 1.05 bits per heavy atom. The smallest absolute Gasteiger partial charge is 0.416 e. The number of nitrogens with zero attached hydrogens (tertiary/aromatic N) is 3. The minimum Gasteiger partial charge on any atom is -0.496 e. The minimum atomic E-state index is -4.43. The van der Waals surface area contributed by atoms with Crippen LogP contribution in [-0.4, -0.2) is 54.2 Å². The van der Waals surface area contributed by atoms with Crippen LogP contribution in [0.5, 0.6) is 5.75 Å². The highest BCUT2D eigenvalue weighted by Crippen LogP contribution is 2.37. The van der Waals surface area contributed by atoms with E-state index in [4.69, 9.17) is 9.47 Å². The molecule has 0 radical (unpaired) electrons. The number of aromatic nitrogens is 2. The maximum absolute atomic E-state index is 13.3. The Bertz CT molecular complexity index is 1530. The van der Waals surface area contributed by atoms with Gasteiger partial charge in [0.05, 0.1) is 31.4 Å². The van der Waals surface area contributed by atoms with E-state index in [9.17, 15) is 18.0 Å². The van der Waals surface area contributed by atoms with Crippen LogP contribution in [0, 0.1) is 6.92 Å². The van der Waals surface area contributed by atoms with Gasteiger partial charge in [0, 0.05) is 41.7 Å². The molecule has 0 spiro atoms. The van der Waals surface area contributed by atoms with Crippen LogP contribution in [-0.2, 0) is 10.9 Å². The molecule has 40 heavy (non-hydrogen) atoms. The molecule has 2 heterocycles. The molecule has 1 aliphatic heterocycles. The number of alkyl halides is 3. The molecule has 0 bridgehead atoms. The first-order valence-electron chi connectivity index (χ1n) is 12.9. The van der Waals surface area contributed by atoms with Gasteiger partial charge in [0.1, 0.15) is 17.4 Å². The van der Waals surface area contributed by atoms with Crippen molar-refractivity contribution in [2.45, 2.75) is 26.1 Å². The summed E-state index contributed by atoms with van der Waals surface area (Å²) in [6.07, 6.45) is -4.43. The van der Waals surface area contributed by atoms with E-state index in [1.54, 1.807) is 44.1 Å². The number of rotatable bonds is 6. The molecule has 1 fully saturated rings. The van der Waals surface area contributed by atoms with Gasteiger partial charge < -0.3 is 19.7 Å². The summed E-state index contributed by atoms with van der Waals surface area (Å²) in [7, 11) is 1.57. The summed E-state index contributed by atoms with van der Waals surface area (Å²) in [5.74, 6) is 1.55. The average molecular weight is 551 g/mol. The Morgan fingerprint density at radius 3 is 2.45 bits per heavy atom. The van der Waals surface area contributed by atoms with Gasteiger partial charge in [-0.3, -0.25) is 4.79 Å². The molecule has 1 amide bonds. The third-order valence-electron chi connectivity index (χ3n) is 6.94. The molecule has 1 aromatic heterocycles. The van der Waals surface area contributed by atoms with Crippen molar-refractivity contribution >= 4 is 22.6 Å². The molecular formula is C30H29F3N4O3. The number of anilines is 1. The zero-order valence-electron chi connectivity index (χ0n) is 22.4. The number of ether oxygens (including phenoxy) is 2. The molecule has 1 N–H and O–H groups in total. The van der Waals surface area contributed by atoms with Gasteiger partial charge in [-0.2, -0.15) is 13.2 Å². The molecule has 3 aromatic carbocycles. The largest absolute Gasteiger partial charge is 0.496 e. The summed E-state index contributed by atoms with van der Waals surface area (Å²) >= 11 is 0. The van der Waals surface area contributed by atoms with Crippen LogP contribution in [0.1, 0.15) is 40.3 Å². The summed E-state index contributed by atoms with van der Waals surface area (Å²) in [4.78, 5) is 23.8. The van der Waals surface area contributed by atoms with Gasteiger partial charge in [-0.05, 0) is 55.3 Å². The SMILES string of the molecule is COc1cc2nc(C)nc(N[C@H](C)c3cccc(C(F)(F)F)c3)c2cc1-c1ccc(C(=O)N2CCOCC2)cc1. The number of amides is 1. The summed E-state index contributed by atoms with van der Waals surface area (Å²) in [5, 5.41) is 3.97. The first-order chi connectivity index (χ1) is 19.1. The number of carbonyl (C=O) groups excluding carboxylic acids is 1. The van der Waals surface area contributed by atoms with Crippen molar-refractivity contribution < 1.29 is 27.4 Å². The van der Waals surface area contributed by atoms with Crippen molar-refractivity contribution in [3.63, 3.8) is 0 Å². The highest BCUT2D eigenvalue weighted by atomic mass is 19.4. The summed E-state index contributed by atoms with van der Waals surface area (Å²) in [5.41, 5.74) is 2.59. The van der Waals surface area contributed by atoms with E-state index in [-0.39, 0.29) is 5.91 Å². The van der Waals surface area contributed by atoms with E-state index in [0.29, 0.717) is 65.7 Å². The van der Waals surface area contributed by atoms with E-state index < -0.39 is 17.8 Å². The van der Waals surface area contributed by atoms with Gasteiger partial charge in [-0.15, -0.1) is 0 Å². The lowest BCUT2D eigenvalue weighted by Crippen LogP contribution is -2.40. The lowest BCUT2D eigenvalue weighted by molar-refractivity contribution is -0.137. The van der Waals surface area contributed by atoms with E-state index in [1.807, 2.05) is 24.3 Å². The Balaban J connectivity index is 1.49. The zero-order valence-corrected chi connectivity index (χ0v) is 22.4. The van der Waals surface area contributed by atoms with Crippen LogP contribution in [0.4, 0.5) is 19.0 Å². The first-order valence-corrected chi connectivity index (χ1v) is 12.9. The number of morpholine rings is 1. The van der Waals surface area contributed by atoms with Crippen molar-refractivity contribution in [2.75, 3.05) is 38.7 Å². The summed E-state index contributed by atoms with van der Waals surface area (Å²) in [6.45, 7) is 5.72. The molecular weight excluding hydrogens is 521 g/mol. The number of fused-ring (bicyclic) bond motifs is 1. The van der Waals surface area contributed by atoms with Gasteiger partial charge in [-0.25, -0.2) is 9.97 Å². The predicted octanol–water partition coefficient (Wildman–Crippen LogP) is 6.28. The van der Waals surface area contributed by atoms with E-state index >= 15 is 0 Å². The summed E-state index contributed by atoms with van der Waals surface area (Å²) in [6, 6.07) is 15.8. The third-order valence-corrected chi connectivity index (χ3v) is 6.94. The van der Waals surface area contributed by atoms with Crippen molar-refractivity contribution in [3.05, 3.63) is 83.2 Å². The third kappa shape index (κ3) is 5.72. The highest BCUT2D eigenvalue weighted by molar-refractivity contribution is 5.97. The van der Waals surface area contributed by atoms with E-state index in [2.05, 4.69) is 15.3 Å². The number of carbonyl (C=O) groups is 1. The van der Waals surface area contributed by atoms with Crippen LogP contribution in [0.15, 0.2) is 60.7 Å². The minimum absolute atomic E-state index is 0.0423. The Kier molecular flexibility index (Phi) is 7.62. The molecule has 0 aliphatic carbocycles. The molecule has 4 aromatic rings. The lowest BCUT2D eigenvalue weighted by atomic mass is 10.00. The molecule has 1 saturated heterocycles. The maximum Gasteiger partial charge on any atom is 0.416 e. The van der Waals surface area contributed by atoms with Gasteiger partial charge in [-0.1, -0.05) is 24.3 Å². The number of benzene rings is 3. The zero-order chi connectivity index (χ0) is 28.4. The normalized spacial score (nSPS) is 14.7. The van der Waals surface area contributed by atoms with Crippen molar-refractivity contribution in [2.24, 2.45) is 0 Å². The molecule has 5 rings (SSSR count). The van der Waals surface area contributed by atoms with Gasteiger partial charge in [0.15, 0.2) is 0 Å². The number of hydrogen-bond acceptors (Lipinski definition) is 6. The molecule has 0 unspecified atom stereocenters. The Morgan fingerprint density at radius 2 is 1.77 bits per heavy atom. The first kappa shape index (κ1) is 27.4. The molecule has 1 aliphatic rings. The molecule has 7 nitrogen and oxygen atoms in total. The van der Waals surface area contributed by atoms with Crippen molar-refractivity contribution in [1.82, 2.24) is 14.9 Å². The van der Waals surface area contributed by atoms with Crippen LogP contribution in [0.25, 0.3) is 22.0 Å². The van der Waals surface area contributed by atoms with Crippen LogP contribution in [0.2, 0.25) is 0 Å². The van der Waals surface area contributed by atoms with Crippen molar-refractivity contribution in [1.29, 1.82) is 0 Å². The van der Waals surface area contributed by atoms with Gasteiger partial charge in [0.2, 0.25) is 0 Å². The average Bonchev–Trinajstić information content (AvgIpc) is 2.96. The molecule has 10 heteroatoms. The topological polar surface area (TPSA) is 76.6 Å². The Labute approximate surface area is 230 Å². The van der Waals surface area contributed by atoms with E-state index in [1.165, 1.54) is 6.07 Å². The Hall–Kier alpha value is -4.18. The van der Waals surface area contributed by atoms with Crippen LogP contribution >= 0.6 is 0 Å². The maximum atomic E-state index is 13.3.